The van der Waals surface area contributed by atoms with Crippen LogP contribution in [0.2, 0.25) is 0 Å². The number of nitrogens with one attached hydrogen (secondary N) is 1. The molecule has 1 saturated carbocycles. The van der Waals surface area contributed by atoms with E-state index in [4.69, 9.17) is 4.74 Å². The number of ether oxygens (including phenoxy) is 1. The number of hydrogen-bond donors (Lipinski definition) is 1. The van der Waals surface area contributed by atoms with Gasteiger partial charge in [0, 0.05) is 19.0 Å². The molecule has 1 aliphatic carbocycles. The summed E-state index contributed by atoms with van der Waals surface area (Å²) in [5, 5.41) is 3.20. The van der Waals surface area contributed by atoms with E-state index in [1.807, 2.05) is 67.6 Å². The van der Waals surface area contributed by atoms with Crippen LogP contribution in [0.1, 0.15) is 43.7 Å². The van der Waals surface area contributed by atoms with Crippen molar-refractivity contribution in [2.24, 2.45) is 0 Å². The Balaban J connectivity index is 1.57. The van der Waals surface area contributed by atoms with E-state index in [-0.39, 0.29) is 35.5 Å². The third kappa shape index (κ3) is 8.14. The molecule has 0 bridgehead atoms. The zero-order chi connectivity index (χ0) is 32.4. The van der Waals surface area contributed by atoms with Gasteiger partial charge in [-0.3, -0.25) is 13.9 Å². The quantitative estimate of drug-likeness (QED) is 0.183. The summed E-state index contributed by atoms with van der Waals surface area (Å²) in [7, 11) is -4.21. The molecular weight excluding hydrogens is 598 g/mol. The predicted molar refractivity (Wildman–Crippen MR) is 180 cm³/mol. The minimum atomic E-state index is -4.21. The highest BCUT2D eigenvalue weighted by molar-refractivity contribution is 7.92. The molecular formula is C37H41N3O5S. The maximum absolute atomic E-state index is 14.7. The molecule has 0 radical (unpaired) electrons. The Hall–Kier alpha value is -4.63. The number of rotatable bonds is 14. The topological polar surface area (TPSA) is 96.0 Å². The average Bonchev–Trinajstić information content (AvgIpc) is 3.60. The van der Waals surface area contributed by atoms with Gasteiger partial charge >= 0.3 is 0 Å². The van der Waals surface area contributed by atoms with Gasteiger partial charge in [-0.05, 0) is 55.2 Å². The first-order valence-electron chi connectivity index (χ1n) is 15.8. The first kappa shape index (κ1) is 32.8. The lowest BCUT2D eigenvalue weighted by Gasteiger charge is -2.34. The summed E-state index contributed by atoms with van der Waals surface area (Å²) in [6.45, 7) is 1.72. The van der Waals surface area contributed by atoms with Crippen LogP contribution in [0.4, 0.5) is 5.69 Å². The van der Waals surface area contributed by atoms with Gasteiger partial charge in [0.25, 0.3) is 10.0 Å². The van der Waals surface area contributed by atoms with E-state index in [2.05, 4.69) is 5.32 Å². The fourth-order valence-electron chi connectivity index (χ4n) is 5.88. The lowest BCUT2D eigenvalue weighted by Crippen LogP contribution is -2.54. The Labute approximate surface area is 272 Å². The van der Waals surface area contributed by atoms with E-state index in [9.17, 15) is 18.0 Å². The van der Waals surface area contributed by atoms with Crippen LogP contribution >= 0.6 is 0 Å². The minimum Gasteiger partial charge on any atom is -0.492 e. The number of nitrogens with zero attached hydrogens (tertiary/aromatic N) is 2. The molecule has 9 heteroatoms. The van der Waals surface area contributed by atoms with Crippen LogP contribution in [0, 0.1) is 0 Å². The maximum atomic E-state index is 14.7. The van der Waals surface area contributed by atoms with Gasteiger partial charge in [-0.1, -0.05) is 104 Å². The molecule has 0 heterocycles. The Morgan fingerprint density at radius 3 is 2.00 bits per heavy atom. The summed E-state index contributed by atoms with van der Waals surface area (Å²) in [4.78, 5) is 30.3. The maximum Gasteiger partial charge on any atom is 0.264 e. The molecule has 8 nitrogen and oxygen atoms in total. The van der Waals surface area contributed by atoms with Gasteiger partial charge in [0.2, 0.25) is 11.8 Å². The van der Waals surface area contributed by atoms with Crippen molar-refractivity contribution in [1.29, 1.82) is 0 Å². The Morgan fingerprint density at radius 1 is 0.804 bits per heavy atom. The molecule has 1 atom stereocenters. The zero-order valence-corrected chi connectivity index (χ0v) is 26.9. The summed E-state index contributed by atoms with van der Waals surface area (Å²) in [5.41, 5.74) is 1.97. The molecule has 1 N–H and O–H groups in total. The first-order chi connectivity index (χ1) is 22.4. The standard InChI is InChI=1S/C37H41N3O5S/c1-2-45-35-25-15-14-24-33(35)40(46(43,44)32-22-10-5-11-23-32)28-36(41)39(27-30-18-8-4-9-19-30)34(26-29-16-6-3-7-17-29)37(42)38-31-20-12-13-21-31/h3-11,14-19,22-25,31,34H,2,12-13,20-21,26-28H2,1H3,(H,38,42)/t34-/m0/s1. The van der Waals surface area contributed by atoms with Gasteiger partial charge in [-0.15, -0.1) is 0 Å². The number of benzene rings is 4. The molecule has 0 aromatic heterocycles. The van der Waals surface area contributed by atoms with Crippen molar-refractivity contribution in [2.45, 2.75) is 62.6 Å². The van der Waals surface area contributed by atoms with Crippen LogP contribution in [0.3, 0.4) is 0 Å². The monoisotopic (exact) mass is 639 g/mol. The van der Waals surface area contributed by atoms with Crippen LogP contribution in [0.5, 0.6) is 5.75 Å². The molecule has 0 spiro atoms. The molecule has 2 amide bonds. The SMILES string of the molecule is CCOc1ccccc1N(CC(=O)N(Cc1ccccc1)[C@@H](Cc1ccccc1)C(=O)NC1CCCC1)S(=O)(=O)c1ccccc1. The van der Waals surface area contributed by atoms with E-state index in [0.717, 1.165) is 41.1 Å². The summed E-state index contributed by atoms with van der Waals surface area (Å²) < 4.78 is 35.4. The number of hydrogen-bond acceptors (Lipinski definition) is 5. The number of sulfonamides is 1. The van der Waals surface area contributed by atoms with Crippen LogP contribution in [-0.4, -0.2) is 50.4 Å². The third-order valence-corrected chi connectivity index (χ3v) is 9.99. The number of carbonyl (C=O) groups is 2. The summed E-state index contributed by atoms with van der Waals surface area (Å²) in [5.74, 6) is -0.406. The number of para-hydroxylation sites is 2. The van der Waals surface area contributed by atoms with Crippen LogP contribution in [0.25, 0.3) is 0 Å². The molecule has 1 aliphatic rings. The van der Waals surface area contributed by atoms with E-state index >= 15 is 0 Å². The summed E-state index contributed by atoms with van der Waals surface area (Å²) in [6.07, 6.45) is 4.17. The highest BCUT2D eigenvalue weighted by Gasteiger charge is 2.36. The highest BCUT2D eigenvalue weighted by atomic mass is 32.2. The minimum absolute atomic E-state index is 0.0449. The van der Waals surface area contributed by atoms with Gasteiger partial charge in [0.05, 0.1) is 17.2 Å². The second kappa shape index (κ2) is 15.6. The van der Waals surface area contributed by atoms with Gasteiger partial charge in [-0.25, -0.2) is 8.42 Å². The van der Waals surface area contributed by atoms with E-state index in [1.54, 1.807) is 42.5 Å². The van der Waals surface area contributed by atoms with Crippen molar-refractivity contribution in [1.82, 2.24) is 10.2 Å². The summed E-state index contributed by atoms with van der Waals surface area (Å²) in [6, 6.07) is 33.1. The Kier molecular flexibility index (Phi) is 11.1. The van der Waals surface area contributed by atoms with Crippen molar-refractivity contribution in [3.05, 3.63) is 126 Å². The van der Waals surface area contributed by atoms with Gasteiger partial charge in [-0.2, -0.15) is 0 Å². The van der Waals surface area contributed by atoms with E-state index in [0.29, 0.717) is 12.4 Å². The molecule has 240 valence electrons. The van der Waals surface area contributed by atoms with Crippen LogP contribution in [0.15, 0.2) is 120 Å². The van der Waals surface area contributed by atoms with Crippen LogP contribution < -0.4 is 14.4 Å². The Bertz CT molecular complexity index is 1680. The van der Waals surface area contributed by atoms with E-state index < -0.39 is 28.5 Å². The lowest BCUT2D eigenvalue weighted by atomic mass is 10.0. The average molecular weight is 640 g/mol. The van der Waals surface area contributed by atoms with Crippen molar-refractivity contribution in [3.8, 4) is 5.75 Å². The highest BCUT2D eigenvalue weighted by Crippen LogP contribution is 2.33. The molecule has 4 aromatic carbocycles. The second-order valence-corrected chi connectivity index (χ2v) is 13.3. The van der Waals surface area contributed by atoms with Crippen LogP contribution in [-0.2, 0) is 32.6 Å². The molecule has 0 saturated heterocycles. The fraction of sp³-hybridized carbons (Fsp3) is 0.297. The van der Waals surface area contributed by atoms with Crippen molar-refractivity contribution in [2.75, 3.05) is 17.5 Å². The Morgan fingerprint density at radius 2 is 1.37 bits per heavy atom. The van der Waals surface area contributed by atoms with Crippen molar-refractivity contribution >= 4 is 27.5 Å². The summed E-state index contributed by atoms with van der Waals surface area (Å²) >= 11 is 0. The third-order valence-electron chi connectivity index (χ3n) is 8.21. The molecule has 46 heavy (non-hydrogen) atoms. The zero-order valence-electron chi connectivity index (χ0n) is 26.1. The van der Waals surface area contributed by atoms with Gasteiger partial charge in [0.1, 0.15) is 18.3 Å². The molecule has 5 rings (SSSR count). The normalized spacial score (nSPS) is 13.9. The molecule has 0 aliphatic heterocycles. The number of amides is 2. The largest absolute Gasteiger partial charge is 0.492 e. The first-order valence-corrected chi connectivity index (χ1v) is 17.3. The number of anilines is 1. The molecule has 0 unspecified atom stereocenters. The van der Waals surface area contributed by atoms with Crippen molar-refractivity contribution < 1.29 is 22.7 Å². The van der Waals surface area contributed by atoms with E-state index in [1.165, 1.54) is 17.0 Å². The molecule has 1 fully saturated rings. The number of carbonyl (C=O) groups excluding carboxylic acids is 2. The van der Waals surface area contributed by atoms with Crippen molar-refractivity contribution in [3.63, 3.8) is 0 Å². The predicted octanol–water partition coefficient (Wildman–Crippen LogP) is 5.98. The second-order valence-electron chi connectivity index (χ2n) is 11.4. The smallest absolute Gasteiger partial charge is 0.264 e. The fourth-order valence-corrected chi connectivity index (χ4v) is 7.32. The lowest BCUT2D eigenvalue weighted by molar-refractivity contribution is -0.140. The van der Waals surface area contributed by atoms with Gasteiger partial charge in [0.15, 0.2) is 0 Å². The van der Waals surface area contributed by atoms with Gasteiger partial charge < -0.3 is 15.0 Å². The molecule has 4 aromatic rings.